The van der Waals surface area contributed by atoms with Gasteiger partial charge in [-0.3, -0.25) is 14.8 Å². The smallest absolute Gasteiger partial charge is 0.269 e. The quantitative estimate of drug-likeness (QED) is 0.681. The Kier molecular flexibility index (Phi) is 4.74. The van der Waals surface area contributed by atoms with Gasteiger partial charge in [0.2, 0.25) is 20.3 Å². The first-order chi connectivity index (χ1) is 11.8. The minimum atomic E-state index is -3.47. The lowest BCUT2D eigenvalue weighted by Crippen LogP contribution is -2.09. The zero-order valence-corrected chi connectivity index (χ0v) is 15.0. The molecule has 0 bridgehead atoms. The summed E-state index contributed by atoms with van der Waals surface area (Å²) in [4.78, 5) is 16.5. The molecule has 2 heterocycles. The molecule has 1 amide bonds. The van der Waals surface area contributed by atoms with Crippen LogP contribution in [0, 0.1) is 5.82 Å². The number of halogens is 1. The van der Waals surface area contributed by atoms with E-state index in [0.29, 0.717) is 10.6 Å². The molecule has 0 radical (unpaired) electrons. The SMILES string of the molecule is CS(=O)(=O)Nc1nnc(NC(=O)c2cnc(-c3ccccc3F)s2)s1. The fourth-order valence-corrected chi connectivity index (χ4v) is 4.08. The largest absolute Gasteiger partial charge is 0.296 e. The van der Waals surface area contributed by atoms with Gasteiger partial charge in [0.15, 0.2) is 0 Å². The van der Waals surface area contributed by atoms with Gasteiger partial charge < -0.3 is 0 Å². The van der Waals surface area contributed by atoms with Crippen molar-refractivity contribution in [2.75, 3.05) is 16.3 Å². The predicted molar refractivity (Wildman–Crippen MR) is 93.8 cm³/mol. The molecule has 25 heavy (non-hydrogen) atoms. The van der Waals surface area contributed by atoms with Gasteiger partial charge in [0, 0.05) is 5.56 Å². The highest BCUT2D eigenvalue weighted by atomic mass is 32.2. The summed E-state index contributed by atoms with van der Waals surface area (Å²) in [5.41, 5.74) is 0.308. The Morgan fingerprint density at radius 3 is 2.60 bits per heavy atom. The number of carbonyl (C=O) groups excluding carboxylic acids is 1. The van der Waals surface area contributed by atoms with Crippen molar-refractivity contribution in [1.29, 1.82) is 0 Å². The molecule has 0 unspecified atom stereocenters. The molecule has 1 aromatic carbocycles. The molecule has 12 heteroatoms. The van der Waals surface area contributed by atoms with Gasteiger partial charge in [-0.05, 0) is 12.1 Å². The second-order valence-electron chi connectivity index (χ2n) is 4.75. The summed E-state index contributed by atoms with van der Waals surface area (Å²) < 4.78 is 38.2. The van der Waals surface area contributed by atoms with Crippen molar-refractivity contribution < 1.29 is 17.6 Å². The molecule has 0 fully saturated rings. The Bertz CT molecular complexity index is 1030. The Morgan fingerprint density at radius 2 is 1.88 bits per heavy atom. The van der Waals surface area contributed by atoms with E-state index in [9.17, 15) is 17.6 Å². The van der Waals surface area contributed by atoms with Gasteiger partial charge in [-0.1, -0.05) is 23.5 Å². The van der Waals surface area contributed by atoms with Crippen LogP contribution in [0.3, 0.4) is 0 Å². The number of hydrogen-bond donors (Lipinski definition) is 2. The minimum Gasteiger partial charge on any atom is -0.296 e. The van der Waals surface area contributed by atoms with Crippen LogP contribution in [0.15, 0.2) is 30.5 Å². The molecule has 0 spiro atoms. The third kappa shape index (κ3) is 4.35. The van der Waals surface area contributed by atoms with E-state index < -0.39 is 21.7 Å². The number of sulfonamides is 1. The van der Waals surface area contributed by atoms with E-state index in [0.717, 1.165) is 28.9 Å². The molecule has 3 rings (SSSR count). The summed E-state index contributed by atoms with van der Waals surface area (Å²) in [6.07, 6.45) is 2.31. The molecule has 0 aliphatic rings. The first-order valence-electron chi connectivity index (χ1n) is 6.65. The van der Waals surface area contributed by atoms with E-state index in [4.69, 9.17) is 0 Å². The van der Waals surface area contributed by atoms with E-state index in [-0.39, 0.29) is 15.1 Å². The maximum absolute atomic E-state index is 13.8. The highest BCUT2D eigenvalue weighted by molar-refractivity contribution is 7.92. The van der Waals surface area contributed by atoms with E-state index >= 15 is 0 Å². The molecular weight excluding hydrogens is 389 g/mol. The summed E-state index contributed by atoms with van der Waals surface area (Å²) in [5.74, 6) is -0.924. The van der Waals surface area contributed by atoms with Crippen LogP contribution in [0.1, 0.15) is 9.67 Å². The molecule has 0 aliphatic carbocycles. The first-order valence-corrected chi connectivity index (χ1v) is 10.2. The third-order valence-corrected chi connectivity index (χ3v) is 5.23. The van der Waals surface area contributed by atoms with Crippen molar-refractivity contribution in [2.24, 2.45) is 0 Å². The van der Waals surface area contributed by atoms with Crippen molar-refractivity contribution in [3.8, 4) is 10.6 Å². The molecule has 0 saturated carbocycles. The summed E-state index contributed by atoms with van der Waals surface area (Å²) in [6.45, 7) is 0. The van der Waals surface area contributed by atoms with E-state index in [1.807, 2.05) is 0 Å². The second-order valence-corrected chi connectivity index (χ2v) is 8.51. The van der Waals surface area contributed by atoms with Crippen LogP contribution in [0.2, 0.25) is 0 Å². The van der Waals surface area contributed by atoms with Gasteiger partial charge in [0.1, 0.15) is 15.7 Å². The number of aromatic nitrogens is 3. The minimum absolute atomic E-state index is 0.0363. The van der Waals surface area contributed by atoms with Crippen LogP contribution in [-0.2, 0) is 10.0 Å². The maximum Gasteiger partial charge on any atom is 0.269 e. The van der Waals surface area contributed by atoms with Crippen LogP contribution in [0.5, 0.6) is 0 Å². The number of hydrogen-bond acceptors (Lipinski definition) is 8. The van der Waals surface area contributed by atoms with E-state index in [2.05, 4.69) is 25.2 Å². The lowest BCUT2D eigenvalue weighted by atomic mass is 10.2. The Labute approximate surface area is 149 Å². The molecule has 2 N–H and O–H groups in total. The lowest BCUT2D eigenvalue weighted by Gasteiger charge is -1.98. The average Bonchev–Trinajstić information content (AvgIpc) is 3.16. The lowest BCUT2D eigenvalue weighted by molar-refractivity contribution is 0.103. The Balaban J connectivity index is 1.73. The van der Waals surface area contributed by atoms with Crippen LogP contribution in [-0.4, -0.2) is 35.8 Å². The second kappa shape index (κ2) is 6.82. The van der Waals surface area contributed by atoms with Crippen molar-refractivity contribution in [2.45, 2.75) is 0 Å². The fourth-order valence-electron chi connectivity index (χ4n) is 1.77. The summed E-state index contributed by atoms with van der Waals surface area (Å²) in [6, 6.07) is 6.13. The van der Waals surface area contributed by atoms with Crippen molar-refractivity contribution in [3.63, 3.8) is 0 Å². The topological polar surface area (TPSA) is 114 Å². The molecule has 8 nitrogen and oxygen atoms in total. The molecule has 0 saturated heterocycles. The van der Waals surface area contributed by atoms with Gasteiger partial charge in [-0.2, -0.15) is 0 Å². The number of anilines is 2. The molecule has 2 aromatic heterocycles. The molecule has 0 atom stereocenters. The number of nitrogens with one attached hydrogen (secondary N) is 2. The Morgan fingerprint density at radius 1 is 1.16 bits per heavy atom. The summed E-state index contributed by atoms with van der Waals surface area (Å²) in [7, 11) is -3.47. The fraction of sp³-hybridized carbons (Fsp3) is 0.0769. The van der Waals surface area contributed by atoms with Gasteiger partial charge in [-0.15, -0.1) is 21.5 Å². The van der Waals surface area contributed by atoms with E-state index in [1.165, 1.54) is 12.3 Å². The Hall–Kier alpha value is -2.44. The van der Waals surface area contributed by atoms with Crippen molar-refractivity contribution >= 4 is 48.9 Å². The normalized spacial score (nSPS) is 11.3. The van der Waals surface area contributed by atoms with Crippen LogP contribution in [0.25, 0.3) is 10.6 Å². The zero-order valence-electron chi connectivity index (χ0n) is 12.6. The highest BCUT2D eigenvalue weighted by Gasteiger charge is 2.16. The maximum atomic E-state index is 13.8. The van der Waals surface area contributed by atoms with Crippen molar-refractivity contribution in [3.05, 3.63) is 41.2 Å². The average molecular weight is 399 g/mol. The van der Waals surface area contributed by atoms with Gasteiger partial charge >= 0.3 is 0 Å². The summed E-state index contributed by atoms with van der Waals surface area (Å²) >= 11 is 1.89. The third-order valence-electron chi connectivity index (χ3n) is 2.75. The molecule has 3 aromatic rings. The van der Waals surface area contributed by atoms with E-state index in [1.54, 1.807) is 18.2 Å². The standard InChI is InChI=1S/C13H10FN5O3S3/c1-25(21,22)19-13-18-17-12(24-13)16-10(20)9-6-15-11(23-9)7-4-2-3-5-8(7)14/h2-6H,1H3,(H,18,19)(H,16,17,20). The van der Waals surface area contributed by atoms with Crippen LogP contribution < -0.4 is 10.0 Å². The van der Waals surface area contributed by atoms with Crippen molar-refractivity contribution in [1.82, 2.24) is 15.2 Å². The van der Waals surface area contributed by atoms with Crippen LogP contribution in [0.4, 0.5) is 14.7 Å². The number of amides is 1. The van der Waals surface area contributed by atoms with Gasteiger partial charge in [-0.25, -0.2) is 17.8 Å². The highest BCUT2D eigenvalue weighted by Crippen LogP contribution is 2.28. The predicted octanol–water partition coefficient (Wildman–Crippen LogP) is 2.42. The summed E-state index contributed by atoms with van der Waals surface area (Å²) in [5, 5.41) is 10.3. The number of benzene rings is 1. The first kappa shape index (κ1) is 17.4. The number of thiazole rings is 1. The number of carbonyl (C=O) groups is 1. The zero-order chi connectivity index (χ0) is 18.0. The molecular formula is C13H10FN5O3S3. The molecule has 130 valence electrons. The van der Waals surface area contributed by atoms with Gasteiger partial charge in [0.25, 0.3) is 5.91 Å². The monoisotopic (exact) mass is 399 g/mol. The van der Waals surface area contributed by atoms with Gasteiger partial charge in [0.05, 0.1) is 12.5 Å². The molecule has 0 aliphatic heterocycles. The van der Waals surface area contributed by atoms with Crippen LogP contribution >= 0.6 is 22.7 Å². The number of rotatable bonds is 5. The number of nitrogens with zero attached hydrogens (tertiary/aromatic N) is 3.